The number of hydrogen-bond acceptors (Lipinski definition) is 2. The third-order valence-corrected chi connectivity index (χ3v) is 3.50. The number of ether oxygens (including phenoxy) is 1. The molecule has 2 nitrogen and oxygen atoms in total. The van der Waals surface area contributed by atoms with Crippen LogP contribution in [0.4, 0.5) is 0 Å². The zero-order chi connectivity index (χ0) is 11.3. The monoisotopic (exact) mass is 213 g/mol. The Morgan fingerprint density at radius 1 is 1.20 bits per heavy atom. The quantitative estimate of drug-likeness (QED) is 0.696. The summed E-state index contributed by atoms with van der Waals surface area (Å²) in [5.41, 5.74) is 0. The maximum atomic E-state index is 5.42. The molecule has 1 rings (SSSR count). The average molecular weight is 213 g/mol. The second kappa shape index (κ2) is 6.49. The summed E-state index contributed by atoms with van der Waals surface area (Å²) < 4.78 is 5.42. The van der Waals surface area contributed by atoms with Gasteiger partial charge in [0.15, 0.2) is 0 Å². The highest BCUT2D eigenvalue weighted by atomic mass is 16.5. The number of rotatable bonds is 5. The predicted molar refractivity (Wildman–Crippen MR) is 65.1 cm³/mol. The molecule has 15 heavy (non-hydrogen) atoms. The van der Waals surface area contributed by atoms with Crippen LogP contribution >= 0.6 is 0 Å². The number of hydrogen-bond donors (Lipinski definition) is 0. The predicted octanol–water partition coefficient (Wildman–Crippen LogP) is 2.92. The van der Waals surface area contributed by atoms with E-state index in [9.17, 15) is 0 Å². The molecule has 0 N–H and O–H groups in total. The maximum absolute atomic E-state index is 5.42. The fraction of sp³-hybridized carbons (Fsp3) is 1.00. The molecular formula is C13H27NO. The summed E-state index contributed by atoms with van der Waals surface area (Å²) in [7, 11) is 1.84. The first-order chi connectivity index (χ1) is 7.17. The van der Waals surface area contributed by atoms with Gasteiger partial charge in [-0.05, 0) is 38.1 Å². The SMILES string of the molecule is CCN(CC(C)C)C1CCC(OC)CC1. The van der Waals surface area contributed by atoms with Crippen LogP contribution in [0.15, 0.2) is 0 Å². The van der Waals surface area contributed by atoms with Crippen LogP contribution in [0.2, 0.25) is 0 Å². The van der Waals surface area contributed by atoms with Crippen molar-refractivity contribution in [3.8, 4) is 0 Å². The summed E-state index contributed by atoms with van der Waals surface area (Å²) in [6, 6.07) is 0.809. The normalized spacial score (nSPS) is 27.6. The Hall–Kier alpha value is -0.0800. The summed E-state index contributed by atoms with van der Waals surface area (Å²) in [6.45, 7) is 9.34. The van der Waals surface area contributed by atoms with E-state index in [0.29, 0.717) is 6.10 Å². The molecule has 0 bridgehead atoms. The Kier molecular flexibility index (Phi) is 5.62. The first kappa shape index (κ1) is 13.0. The molecule has 1 aliphatic carbocycles. The molecule has 0 radical (unpaired) electrons. The van der Waals surface area contributed by atoms with E-state index < -0.39 is 0 Å². The molecule has 90 valence electrons. The zero-order valence-electron chi connectivity index (χ0n) is 10.8. The molecule has 0 aliphatic heterocycles. The van der Waals surface area contributed by atoms with E-state index in [1.54, 1.807) is 0 Å². The van der Waals surface area contributed by atoms with Crippen LogP contribution in [0.5, 0.6) is 0 Å². The van der Waals surface area contributed by atoms with E-state index in [-0.39, 0.29) is 0 Å². The highest BCUT2D eigenvalue weighted by molar-refractivity contribution is 4.79. The van der Waals surface area contributed by atoms with Gasteiger partial charge in [-0.25, -0.2) is 0 Å². The molecule has 0 aromatic carbocycles. The summed E-state index contributed by atoms with van der Waals surface area (Å²) in [5.74, 6) is 0.782. The van der Waals surface area contributed by atoms with Crippen molar-refractivity contribution in [3.63, 3.8) is 0 Å². The minimum Gasteiger partial charge on any atom is -0.381 e. The van der Waals surface area contributed by atoms with Crippen molar-refractivity contribution in [3.05, 3.63) is 0 Å². The number of nitrogens with zero attached hydrogens (tertiary/aromatic N) is 1. The summed E-state index contributed by atoms with van der Waals surface area (Å²) >= 11 is 0. The van der Waals surface area contributed by atoms with Gasteiger partial charge in [0.25, 0.3) is 0 Å². The zero-order valence-corrected chi connectivity index (χ0v) is 10.8. The molecule has 0 aromatic heterocycles. The average Bonchev–Trinajstić information content (AvgIpc) is 2.26. The van der Waals surface area contributed by atoms with Crippen molar-refractivity contribution in [2.24, 2.45) is 5.92 Å². The fourth-order valence-corrected chi connectivity index (χ4v) is 2.65. The summed E-state index contributed by atoms with van der Waals surface area (Å²) in [5, 5.41) is 0. The highest BCUT2D eigenvalue weighted by Crippen LogP contribution is 2.25. The highest BCUT2D eigenvalue weighted by Gasteiger charge is 2.24. The Bertz CT molecular complexity index is 162. The molecule has 0 unspecified atom stereocenters. The maximum Gasteiger partial charge on any atom is 0.0572 e. The lowest BCUT2D eigenvalue weighted by Gasteiger charge is -2.36. The summed E-state index contributed by atoms with van der Waals surface area (Å²) in [6.07, 6.45) is 5.66. The Morgan fingerprint density at radius 2 is 1.80 bits per heavy atom. The van der Waals surface area contributed by atoms with E-state index in [0.717, 1.165) is 12.0 Å². The molecule has 0 atom stereocenters. The van der Waals surface area contributed by atoms with Gasteiger partial charge in [0.1, 0.15) is 0 Å². The van der Waals surface area contributed by atoms with Gasteiger partial charge in [-0.15, -0.1) is 0 Å². The van der Waals surface area contributed by atoms with E-state index in [1.165, 1.54) is 38.8 Å². The van der Waals surface area contributed by atoms with Crippen LogP contribution in [0.1, 0.15) is 46.5 Å². The van der Waals surface area contributed by atoms with Crippen LogP contribution in [0, 0.1) is 5.92 Å². The lowest BCUT2D eigenvalue weighted by atomic mass is 9.91. The minimum atomic E-state index is 0.527. The second-order valence-electron chi connectivity index (χ2n) is 5.15. The molecule has 1 aliphatic rings. The van der Waals surface area contributed by atoms with Crippen molar-refractivity contribution < 1.29 is 4.74 Å². The molecule has 0 saturated heterocycles. The van der Waals surface area contributed by atoms with Crippen molar-refractivity contribution in [1.82, 2.24) is 4.90 Å². The molecule has 0 amide bonds. The van der Waals surface area contributed by atoms with Gasteiger partial charge >= 0.3 is 0 Å². The van der Waals surface area contributed by atoms with E-state index in [1.807, 2.05) is 7.11 Å². The van der Waals surface area contributed by atoms with E-state index >= 15 is 0 Å². The molecular weight excluding hydrogens is 186 g/mol. The molecule has 1 fully saturated rings. The van der Waals surface area contributed by atoms with Gasteiger partial charge in [0, 0.05) is 19.7 Å². The van der Waals surface area contributed by atoms with Crippen molar-refractivity contribution in [2.75, 3.05) is 20.2 Å². The van der Waals surface area contributed by atoms with Crippen molar-refractivity contribution in [2.45, 2.75) is 58.6 Å². The van der Waals surface area contributed by atoms with E-state index in [4.69, 9.17) is 4.74 Å². The Labute approximate surface area is 95.0 Å². The third kappa shape index (κ3) is 4.12. The standard InChI is InChI=1S/C13H27NO/c1-5-14(10-11(2)3)12-6-8-13(15-4)9-7-12/h11-13H,5-10H2,1-4H3. The number of methoxy groups -OCH3 is 1. The molecule has 2 heteroatoms. The molecule has 0 spiro atoms. The van der Waals surface area contributed by atoms with Gasteiger partial charge in [0.2, 0.25) is 0 Å². The van der Waals surface area contributed by atoms with Gasteiger partial charge in [-0.2, -0.15) is 0 Å². The molecule has 1 saturated carbocycles. The fourth-order valence-electron chi connectivity index (χ4n) is 2.65. The van der Waals surface area contributed by atoms with Crippen LogP contribution in [0.25, 0.3) is 0 Å². The Morgan fingerprint density at radius 3 is 2.20 bits per heavy atom. The molecule has 0 aromatic rings. The third-order valence-electron chi connectivity index (χ3n) is 3.50. The molecule has 0 heterocycles. The largest absolute Gasteiger partial charge is 0.381 e. The van der Waals surface area contributed by atoms with Crippen LogP contribution in [0.3, 0.4) is 0 Å². The minimum absolute atomic E-state index is 0.527. The lowest BCUT2D eigenvalue weighted by Crippen LogP contribution is -2.41. The van der Waals surface area contributed by atoms with Crippen molar-refractivity contribution >= 4 is 0 Å². The van der Waals surface area contributed by atoms with Crippen LogP contribution < -0.4 is 0 Å². The summed E-state index contributed by atoms with van der Waals surface area (Å²) in [4.78, 5) is 2.65. The van der Waals surface area contributed by atoms with Crippen LogP contribution in [-0.4, -0.2) is 37.2 Å². The lowest BCUT2D eigenvalue weighted by molar-refractivity contribution is 0.0370. The smallest absolute Gasteiger partial charge is 0.0572 e. The Balaban J connectivity index is 2.35. The first-order valence-corrected chi connectivity index (χ1v) is 6.44. The van der Waals surface area contributed by atoms with Gasteiger partial charge < -0.3 is 9.64 Å². The topological polar surface area (TPSA) is 12.5 Å². The van der Waals surface area contributed by atoms with Gasteiger partial charge in [-0.1, -0.05) is 20.8 Å². The van der Waals surface area contributed by atoms with E-state index in [2.05, 4.69) is 25.7 Å². The van der Waals surface area contributed by atoms with Crippen molar-refractivity contribution in [1.29, 1.82) is 0 Å². The van der Waals surface area contributed by atoms with Gasteiger partial charge in [0.05, 0.1) is 6.10 Å². The first-order valence-electron chi connectivity index (χ1n) is 6.44. The van der Waals surface area contributed by atoms with Crippen LogP contribution in [-0.2, 0) is 4.74 Å². The van der Waals surface area contributed by atoms with Gasteiger partial charge in [-0.3, -0.25) is 0 Å². The second-order valence-corrected chi connectivity index (χ2v) is 5.15.